The molecule has 1 unspecified atom stereocenters. The van der Waals surface area contributed by atoms with E-state index in [0.717, 1.165) is 34.5 Å². The fourth-order valence-electron chi connectivity index (χ4n) is 5.06. The number of carbonyl (C=O) groups excluding carboxylic acids is 2. The number of nitrogens with two attached hydrogens (primary N) is 3. The molecule has 4 aromatic rings. The van der Waals surface area contributed by atoms with Crippen molar-refractivity contribution in [3.63, 3.8) is 0 Å². The summed E-state index contributed by atoms with van der Waals surface area (Å²) in [5.41, 5.74) is 17.0. The van der Waals surface area contributed by atoms with Crippen LogP contribution in [0.5, 0.6) is 0 Å². The molecule has 10 N–H and O–H groups in total. The van der Waals surface area contributed by atoms with Crippen molar-refractivity contribution in [2.24, 2.45) is 17.0 Å². The predicted octanol–water partition coefficient (Wildman–Crippen LogP) is 9.84. The van der Waals surface area contributed by atoms with Gasteiger partial charge in [0.15, 0.2) is 22.0 Å². The van der Waals surface area contributed by atoms with Gasteiger partial charge in [0.25, 0.3) is 5.91 Å². The number of benzene rings is 1. The summed E-state index contributed by atoms with van der Waals surface area (Å²) in [7, 11) is 0. The molecule has 18 heteroatoms. The standard InChI is InChI=1S/C18H24N4OS.C11H20N4S.C10H19N3.C7H11NO.C3H9N2/c1-12(2)22-15(11-14(21-22)18(3,4)5)19-17(24)20-16(23)13-9-7-6-8-10-13;1-7(2)15-9(13-10(12)16)6-8(14-15)11(3,4)5;1-7(2)13-9(11)6-8(12-13)10(3,4)5;1-7(2,3)6(9)4-5-8;1-3(2)5-4/h6-12H,1-5H3,(H2,19,20,23,24);6-7H,1-5H3,(H3,12,13,16);6-7H,11H2,1-5H3;4H2,1-3H3;3,5H,1,4H2,2H3/q;;;;+1. The van der Waals surface area contributed by atoms with E-state index in [1.165, 1.54) is 0 Å². The molecule has 0 fully saturated rings. The summed E-state index contributed by atoms with van der Waals surface area (Å²) < 4.78 is 5.64. The highest BCUT2D eigenvalue weighted by Gasteiger charge is 2.24. The molecule has 0 radical (unpaired) electrons. The van der Waals surface area contributed by atoms with E-state index in [2.05, 4.69) is 147 Å². The largest absolute Gasteiger partial charge is 0.384 e. The van der Waals surface area contributed by atoms with E-state index in [1.807, 2.05) is 84.2 Å². The normalized spacial score (nSPS) is 11.9. The zero-order valence-electron chi connectivity index (χ0n) is 43.8. The molecule has 16 nitrogen and oxygen atoms in total. The molecular formula is C49H83N14O2S2+. The van der Waals surface area contributed by atoms with Crippen molar-refractivity contribution in [2.75, 3.05) is 16.4 Å². The number of ketones is 1. The van der Waals surface area contributed by atoms with Gasteiger partial charge in [0, 0.05) is 63.5 Å². The third-order valence-corrected chi connectivity index (χ3v) is 9.43. The smallest absolute Gasteiger partial charge is 0.257 e. The molecular weight excluding hydrogens is 881 g/mol. The Morgan fingerprint density at radius 2 is 1.07 bits per heavy atom. The van der Waals surface area contributed by atoms with Crippen LogP contribution in [0.1, 0.15) is 184 Å². The van der Waals surface area contributed by atoms with Gasteiger partial charge < -0.3 is 22.1 Å². The minimum Gasteiger partial charge on any atom is -0.384 e. The third kappa shape index (κ3) is 22.8. The molecule has 1 atom stereocenters. The first kappa shape index (κ1) is 61.7. The van der Waals surface area contributed by atoms with Gasteiger partial charge >= 0.3 is 0 Å². The van der Waals surface area contributed by atoms with E-state index in [4.69, 9.17) is 47.0 Å². The maximum absolute atomic E-state index is 12.2. The number of amides is 1. The van der Waals surface area contributed by atoms with Crippen molar-refractivity contribution in [3.05, 3.63) is 78.1 Å². The fraction of sp³-hybridized carbons (Fsp3) is 0.571. The Kier molecular flexibility index (Phi) is 24.7. The maximum Gasteiger partial charge on any atom is 0.257 e. The van der Waals surface area contributed by atoms with E-state index in [0.29, 0.717) is 11.6 Å². The Hall–Kier alpha value is -5.35. The minimum atomic E-state index is -0.351. The number of hydrogen-bond donors (Lipinski definition) is 7. The second-order valence-corrected chi connectivity index (χ2v) is 21.8. The second-order valence-electron chi connectivity index (χ2n) is 21.0. The van der Waals surface area contributed by atoms with Crippen LogP contribution in [-0.4, -0.2) is 57.3 Å². The van der Waals surface area contributed by atoms with E-state index in [9.17, 15) is 9.59 Å². The summed E-state index contributed by atoms with van der Waals surface area (Å²) in [5, 5.41) is 31.1. The second kappa shape index (κ2) is 26.9. The van der Waals surface area contributed by atoms with Gasteiger partial charge in [-0.3, -0.25) is 20.7 Å². The average molecular weight is 964 g/mol. The molecule has 4 rings (SSSR count). The molecule has 0 saturated heterocycles. The fourth-order valence-corrected chi connectivity index (χ4v) is 5.36. The lowest BCUT2D eigenvalue weighted by atomic mass is 9.89. The Labute approximate surface area is 412 Å². The van der Waals surface area contributed by atoms with Crippen LogP contribution in [0.2, 0.25) is 0 Å². The highest BCUT2D eigenvalue weighted by Crippen LogP contribution is 2.28. The number of carbonyl (C=O) groups is 2. The molecule has 372 valence electrons. The van der Waals surface area contributed by atoms with Crippen LogP contribution in [0.25, 0.3) is 0 Å². The first-order valence-corrected chi connectivity index (χ1v) is 23.3. The SMILES string of the molecule is CC(C)(C)C(=O)CC#N.CC(C)n1nc(C(C)(C)C)cc1N.CC(C)n1nc(C(C)(C)C)cc1NC(=S)NC(=O)c1ccccc1.CC(C)n1nc(C(C)(C)C)cc1NC(N)=S.[CH2+]C(C)NN. The van der Waals surface area contributed by atoms with E-state index in [-0.39, 0.29) is 68.1 Å². The number of thiocarbonyl (C=S) groups is 2. The Balaban J connectivity index is 0.000000883. The maximum atomic E-state index is 12.2. The molecule has 0 aliphatic rings. The zero-order valence-corrected chi connectivity index (χ0v) is 45.5. The van der Waals surface area contributed by atoms with Crippen molar-refractivity contribution in [1.82, 2.24) is 40.1 Å². The van der Waals surface area contributed by atoms with Gasteiger partial charge in [0.05, 0.1) is 36.5 Å². The van der Waals surface area contributed by atoms with E-state index >= 15 is 0 Å². The highest BCUT2D eigenvalue weighted by molar-refractivity contribution is 7.80. The molecule has 1 aromatic carbocycles. The average Bonchev–Trinajstić information content (AvgIpc) is 3.93. The molecule has 1 amide bonds. The molecule has 0 aliphatic heterocycles. The number of nitrogens with zero attached hydrogens (tertiary/aromatic N) is 7. The number of hydrogen-bond acceptors (Lipinski definition) is 11. The zero-order chi connectivity index (χ0) is 52.4. The topological polar surface area (TPSA) is 238 Å². The van der Waals surface area contributed by atoms with E-state index < -0.39 is 0 Å². The van der Waals surface area contributed by atoms with Crippen LogP contribution in [-0.2, 0) is 21.0 Å². The van der Waals surface area contributed by atoms with Gasteiger partial charge in [-0.2, -0.15) is 20.6 Å². The Morgan fingerprint density at radius 3 is 1.36 bits per heavy atom. The van der Waals surface area contributed by atoms with Gasteiger partial charge in [0.2, 0.25) is 0 Å². The predicted molar refractivity (Wildman–Crippen MR) is 286 cm³/mol. The Morgan fingerprint density at radius 1 is 0.701 bits per heavy atom. The molecule has 3 aromatic heterocycles. The van der Waals surface area contributed by atoms with Gasteiger partial charge in [-0.15, -0.1) is 0 Å². The molecule has 67 heavy (non-hydrogen) atoms. The molecule has 0 spiro atoms. The monoisotopic (exact) mass is 964 g/mol. The quantitative estimate of drug-likeness (QED) is 0.0377. The van der Waals surface area contributed by atoms with Gasteiger partial charge in [0.1, 0.15) is 17.5 Å². The number of nitriles is 1. The summed E-state index contributed by atoms with van der Waals surface area (Å²) >= 11 is 10.1. The van der Waals surface area contributed by atoms with Crippen molar-refractivity contribution < 1.29 is 9.59 Å². The number of aromatic nitrogens is 6. The number of hydrazine groups is 1. The summed E-state index contributed by atoms with van der Waals surface area (Å²) in [5.74, 6) is 7.00. The number of nitrogens with one attached hydrogen (secondary N) is 4. The number of anilines is 3. The summed E-state index contributed by atoms with van der Waals surface area (Å²) in [6.45, 7) is 42.4. The van der Waals surface area contributed by atoms with Crippen LogP contribution in [0.15, 0.2) is 48.5 Å². The van der Waals surface area contributed by atoms with Gasteiger partial charge in [-0.1, -0.05) is 101 Å². The number of rotatable bonds is 8. The molecule has 0 bridgehead atoms. The summed E-state index contributed by atoms with van der Waals surface area (Å²) in [4.78, 5) is 23.0. The molecule has 0 aliphatic carbocycles. The Bertz CT molecular complexity index is 2200. The van der Waals surface area contributed by atoms with E-state index in [1.54, 1.807) is 12.1 Å². The van der Waals surface area contributed by atoms with Crippen molar-refractivity contribution in [1.29, 1.82) is 5.26 Å². The van der Waals surface area contributed by atoms with Crippen molar-refractivity contribution in [2.45, 2.75) is 178 Å². The first-order chi connectivity index (χ1) is 30.5. The third-order valence-electron chi connectivity index (χ3n) is 9.13. The first-order valence-electron chi connectivity index (χ1n) is 22.5. The summed E-state index contributed by atoms with van der Waals surface area (Å²) in [6.07, 6.45) is 0.0312. The number of nitrogen functional groups attached to an aromatic ring is 1. The lowest BCUT2D eigenvalue weighted by molar-refractivity contribution is -0.125. The molecule has 0 saturated carbocycles. The van der Waals surface area contributed by atoms with Crippen LogP contribution >= 0.6 is 24.4 Å². The minimum absolute atomic E-state index is 0.00463. The van der Waals surface area contributed by atoms with Gasteiger partial charge in [-0.05, 0) is 85.0 Å². The van der Waals surface area contributed by atoms with Crippen LogP contribution in [0.3, 0.4) is 0 Å². The lowest BCUT2D eigenvalue weighted by Crippen LogP contribution is -2.34. The molecule has 3 heterocycles. The van der Waals surface area contributed by atoms with Crippen LogP contribution in [0, 0.1) is 23.7 Å². The summed E-state index contributed by atoms with van der Waals surface area (Å²) in [6, 6.07) is 17.7. The van der Waals surface area contributed by atoms with Crippen LogP contribution < -0.4 is 38.7 Å². The lowest BCUT2D eigenvalue weighted by Gasteiger charge is -2.15. The highest BCUT2D eigenvalue weighted by atomic mass is 32.1. The van der Waals surface area contributed by atoms with Crippen molar-refractivity contribution >= 4 is 63.8 Å². The van der Waals surface area contributed by atoms with Gasteiger partial charge in [-0.25, -0.2) is 19.5 Å². The van der Waals surface area contributed by atoms with Crippen LogP contribution in [0.4, 0.5) is 17.5 Å². The number of Topliss-reactive ketones (excluding diaryl/α,β-unsaturated/α-hetero) is 1. The van der Waals surface area contributed by atoms with Crippen molar-refractivity contribution in [3.8, 4) is 6.07 Å².